The van der Waals surface area contributed by atoms with E-state index in [0.717, 1.165) is 0 Å². The highest BCUT2D eigenvalue weighted by molar-refractivity contribution is 8.22. The van der Waals surface area contributed by atoms with Crippen molar-refractivity contribution >= 4 is 34.2 Å². The first-order chi connectivity index (χ1) is 5.00. The van der Waals surface area contributed by atoms with Gasteiger partial charge in [0.1, 0.15) is 0 Å². The predicted molar refractivity (Wildman–Crippen MR) is 52.3 cm³/mol. The summed E-state index contributed by atoms with van der Waals surface area (Å²) in [6.45, 7) is 1.49. The van der Waals surface area contributed by atoms with E-state index in [1.165, 1.54) is 23.7 Å². The number of hydrogen-bond donors (Lipinski definition) is 0. The molecule has 0 heterocycles. The van der Waals surface area contributed by atoms with E-state index in [0.29, 0.717) is 4.32 Å². The lowest BCUT2D eigenvalue weighted by atomic mass is 10.7. The lowest BCUT2D eigenvalue weighted by molar-refractivity contribution is -0.133. The molecule has 0 rings (SSSR count). The Kier molecular flexibility index (Phi) is 4.63. The summed E-state index contributed by atoms with van der Waals surface area (Å²) < 4.78 is 0.572. The van der Waals surface area contributed by atoms with E-state index in [1.807, 2.05) is 6.26 Å². The van der Waals surface area contributed by atoms with Gasteiger partial charge in [0.05, 0.1) is 0 Å². The molecule has 0 aliphatic rings. The summed E-state index contributed by atoms with van der Waals surface area (Å²) in [6.07, 6.45) is 1.85. The van der Waals surface area contributed by atoms with Gasteiger partial charge in [-0.3, -0.25) is 4.79 Å². The zero-order valence-electron chi connectivity index (χ0n) is 7.12. The summed E-state index contributed by atoms with van der Waals surface area (Å²) in [5.41, 5.74) is 0. The van der Waals surface area contributed by atoms with Crippen molar-refractivity contribution in [3.8, 4) is 0 Å². The molecule has 0 aliphatic carbocycles. The molecule has 0 aromatic heterocycles. The molecule has 0 aliphatic heterocycles. The first-order valence-electron chi connectivity index (χ1n) is 3.06. The molecule has 0 spiro atoms. The molecule has 5 heteroatoms. The van der Waals surface area contributed by atoms with Gasteiger partial charge in [0, 0.05) is 21.0 Å². The third kappa shape index (κ3) is 3.18. The van der Waals surface area contributed by atoms with Crippen LogP contribution in [0.25, 0.3) is 0 Å². The summed E-state index contributed by atoms with van der Waals surface area (Å²) in [7, 11) is 3.56. The van der Waals surface area contributed by atoms with Crippen LogP contribution in [-0.4, -0.2) is 40.6 Å². The summed E-state index contributed by atoms with van der Waals surface area (Å²) in [6, 6.07) is 0. The number of carbonyl (C=O) groups excluding carboxylic acids is 1. The van der Waals surface area contributed by atoms with Crippen molar-refractivity contribution in [3.05, 3.63) is 0 Å². The Morgan fingerprint density at radius 1 is 1.45 bits per heavy atom. The second kappa shape index (κ2) is 4.69. The highest BCUT2D eigenvalue weighted by Gasteiger charge is 2.14. The van der Waals surface area contributed by atoms with Crippen LogP contribution < -0.4 is 0 Å². The largest absolute Gasteiger partial charge is 0.273 e. The second-order valence-electron chi connectivity index (χ2n) is 2.15. The minimum atomic E-state index is -0.0608. The van der Waals surface area contributed by atoms with Crippen LogP contribution in [0, 0.1) is 0 Å². The van der Waals surface area contributed by atoms with Gasteiger partial charge in [-0.15, -0.1) is 0 Å². The van der Waals surface area contributed by atoms with Gasteiger partial charge in [0.15, 0.2) is 4.32 Å². The van der Waals surface area contributed by atoms with E-state index in [-0.39, 0.29) is 5.91 Å². The molecule has 11 heavy (non-hydrogen) atoms. The molecule has 0 radical (unpaired) electrons. The highest BCUT2D eigenvalue weighted by atomic mass is 32.2. The van der Waals surface area contributed by atoms with Crippen LogP contribution in [0.5, 0.6) is 0 Å². The normalized spacial score (nSPS) is 9.91. The van der Waals surface area contributed by atoms with E-state index in [4.69, 9.17) is 12.2 Å². The molecule has 1 amide bonds. The van der Waals surface area contributed by atoms with E-state index < -0.39 is 0 Å². The van der Waals surface area contributed by atoms with Gasteiger partial charge in [0.25, 0.3) is 0 Å². The van der Waals surface area contributed by atoms with Crippen molar-refractivity contribution in [3.63, 3.8) is 0 Å². The summed E-state index contributed by atoms with van der Waals surface area (Å²) >= 11 is 6.34. The fourth-order valence-electron chi connectivity index (χ4n) is 0.660. The third-order valence-electron chi connectivity index (χ3n) is 1.05. The van der Waals surface area contributed by atoms with Crippen molar-refractivity contribution in [2.75, 3.05) is 20.4 Å². The number of rotatable bonds is 1. The fourth-order valence-corrected chi connectivity index (χ4v) is 1.42. The van der Waals surface area contributed by atoms with Crippen LogP contribution in [0.1, 0.15) is 6.92 Å². The monoisotopic (exact) mass is 192 g/mol. The van der Waals surface area contributed by atoms with Gasteiger partial charge >= 0.3 is 0 Å². The maximum Gasteiger partial charge on any atom is 0.239 e. The first-order valence-corrected chi connectivity index (χ1v) is 4.70. The quantitative estimate of drug-likeness (QED) is 0.456. The molecular formula is C6H12N2OS2. The van der Waals surface area contributed by atoms with Crippen molar-refractivity contribution in [1.29, 1.82) is 0 Å². The van der Waals surface area contributed by atoms with E-state index in [2.05, 4.69) is 0 Å². The van der Waals surface area contributed by atoms with Crippen LogP contribution in [0.15, 0.2) is 0 Å². The van der Waals surface area contributed by atoms with Crippen molar-refractivity contribution < 1.29 is 4.79 Å². The Hall–Kier alpha value is -0.130. The van der Waals surface area contributed by atoms with Gasteiger partial charge < -0.3 is 0 Å². The average molecular weight is 192 g/mol. The van der Waals surface area contributed by atoms with Gasteiger partial charge in [0.2, 0.25) is 5.91 Å². The third-order valence-corrected chi connectivity index (χ3v) is 2.24. The van der Waals surface area contributed by atoms with Gasteiger partial charge in [-0.1, -0.05) is 24.0 Å². The summed E-state index contributed by atoms with van der Waals surface area (Å²) in [5, 5.41) is 3.11. The number of hydrazine groups is 1. The molecule has 0 aromatic rings. The van der Waals surface area contributed by atoms with Gasteiger partial charge in [-0.05, 0) is 6.26 Å². The SMILES string of the molecule is CSC(=S)N(C(C)=O)N(C)C. The standard InChI is InChI=1S/C6H12N2OS2/c1-5(9)8(7(2)3)6(10)11-4/h1-4H3. The Morgan fingerprint density at radius 3 is 2.00 bits per heavy atom. The van der Waals surface area contributed by atoms with Gasteiger partial charge in [-0.25, -0.2) is 10.0 Å². The predicted octanol–water partition coefficient (Wildman–Crippen LogP) is 0.959. The van der Waals surface area contributed by atoms with E-state index >= 15 is 0 Å². The topological polar surface area (TPSA) is 23.6 Å². The lowest BCUT2D eigenvalue weighted by Gasteiger charge is -2.26. The highest BCUT2D eigenvalue weighted by Crippen LogP contribution is 2.06. The zero-order valence-corrected chi connectivity index (χ0v) is 8.75. The molecule has 0 saturated carbocycles. The number of hydrogen-bond acceptors (Lipinski definition) is 4. The van der Waals surface area contributed by atoms with Crippen LogP contribution in [0.3, 0.4) is 0 Å². The number of thiocarbonyl (C=S) groups is 1. The maximum absolute atomic E-state index is 11.0. The second-order valence-corrected chi connectivity index (χ2v) is 3.59. The average Bonchev–Trinajstić information content (AvgIpc) is 1.85. The van der Waals surface area contributed by atoms with Crippen LogP contribution in [-0.2, 0) is 4.79 Å². The molecule has 0 atom stereocenters. The zero-order chi connectivity index (χ0) is 9.02. The van der Waals surface area contributed by atoms with E-state index in [1.54, 1.807) is 19.1 Å². The molecular weight excluding hydrogens is 180 g/mol. The molecule has 0 saturated heterocycles. The van der Waals surface area contributed by atoms with Crippen molar-refractivity contribution in [2.24, 2.45) is 0 Å². The molecule has 0 bridgehead atoms. The molecule has 64 valence electrons. The Bertz CT molecular complexity index is 170. The number of thioether (sulfide) groups is 1. The Balaban J connectivity index is 4.34. The number of carbonyl (C=O) groups is 1. The Labute approximate surface area is 76.7 Å². The summed E-state index contributed by atoms with van der Waals surface area (Å²) in [4.78, 5) is 11.0. The first kappa shape index (κ1) is 10.9. The van der Waals surface area contributed by atoms with E-state index in [9.17, 15) is 4.79 Å². The molecule has 0 fully saturated rings. The smallest absolute Gasteiger partial charge is 0.239 e. The van der Waals surface area contributed by atoms with Crippen LogP contribution in [0.4, 0.5) is 0 Å². The Morgan fingerprint density at radius 2 is 1.91 bits per heavy atom. The number of nitrogens with zero attached hydrogens (tertiary/aromatic N) is 2. The van der Waals surface area contributed by atoms with Gasteiger partial charge in [-0.2, -0.15) is 0 Å². The number of amides is 1. The molecule has 0 N–H and O–H groups in total. The molecule has 0 unspecified atom stereocenters. The maximum atomic E-state index is 11.0. The van der Waals surface area contributed by atoms with Crippen LogP contribution >= 0.6 is 24.0 Å². The van der Waals surface area contributed by atoms with Crippen molar-refractivity contribution in [2.45, 2.75) is 6.92 Å². The molecule has 0 aromatic carbocycles. The van der Waals surface area contributed by atoms with Crippen molar-refractivity contribution in [1.82, 2.24) is 10.0 Å². The van der Waals surface area contributed by atoms with Crippen LogP contribution in [0.2, 0.25) is 0 Å². The minimum Gasteiger partial charge on any atom is -0.273 e. The lowest BCUT2D eigenvalue weighted by Crippen LogP contribution is -2.42. The summed E-state index contributed by atoms with van der Waals surface area (Å²) in [5.74, 6) is -0.0608. The molecule has 3 nitrogen and oxygen atoms in total. The minimum absolute atomic E-state index is 0.0608. The fraction of sp³-hybridized carbons (Fsp3) is 0.667.